The van der Waals surface area contributed by atoms with Gasteiger partial charge in [0.25, 0.3) is 0 Å². The molecule has 0 aliphatic heterocycles. The number of halogens is 1. The quantitative estimate of drug-likeness (QED) is 0.589. The van der Waals surface area contributed by atoms with Crippen molar-refractivity contribution in [1.82, 2.24) is 4.90 Å². The van der Waals surface area contributed by atoms with Crippen LogP contribution in [0.1, 0.15) is 26.3 Å². The van der Waals surface area contributed by atoms with Crippen LogP contribution in [0.25, 0.3) is 6.08 Å². The van der Waals surface area contributed by atoms with Crippen LogP contribution < -0.4 is 0 Å². The fourth-order valence-corrected chi connectivity index (χ4v) is 2.00. The number of hydrogen-bond acceptors (Lipinski definition) is 3. The Morgan fingerprint density at radius 1 is 1.32 bits per heavy atom. The molecule has 1 aromatic carbocycles. The lowest BCUT2D eigenvalue weighted by molar-refractivity contribution is -0.140. The molecule has 0 saturated carbocycles. The minimum absolute atomic E-state index is 0.300. The first-order valence-electron chi connectivity index (χ1n) is 6.51. The Hall–Kier alpha value is -1.48. The number of carbonyl (C=O) groups is 1. The standard InChI is InChI=1S/C15H20ClNO2/c1-4-17(5-2)14(15(18)19-6-3)11-12-8-7-9-13(16)10-12/h7-11H,4-6H2,1-3H3/b14-11-. The Bertz CT molecular complexity index is 453. The summed E-state index contributed by atoms with van der Waals surface area (Å²) in [5, 5.41) is 0.650. The molecular weight excluding hydrogens is 262 g/mol. The van der Waals surface area contributed by atoms with Crippen LogP contribution in [-0.2, 0) is 9.53 Å². The summed E-state index contributed by atoms with van der Waals surface area (Å²) in [7, 11) is 0. The average Bonchev–Trinajstić information content (AvgIpc) is 2.39. The largest absolute Gasteiger partial charge is 0.461 e. The van der Waals surface area contributed by atoms with Gasteiger partial charge in [-0.05, 0) is 44.5 Å². The highest BCUT2D eigenvalue weighted by atomic mass is 35.5. The van der Waals surface area contributed by atoms with E-state index in [1.165, 1.54) is 0 Å². The summed E-state index contributed by atoms with van der Waals surface area (Å²) in [5.74, 6) is -0.300. The molecule has 0 aromatic heterocycles. The van der Waals surface area contributed by atoms with Crippen molar-refractivity contribution in [2.24, 2.45) is 0 Å². The number of carbonyl (C=O) groups excluding carboxylic acids is 1. The molecule has 0 bridgehead atoms. The molecule has 0 amide bonds. The molecule has 3 nitrogen and oxygen atoms in total. The highest BCUT2D eigenvalue weighted by Crippen LogP contribution is 2.16. The molecule has 0 aliphatic rings. The Morgan fingerprint density at radius 3 is 2.53 bits per heavy atom. The van der Waals surface area contributed by atoms with E-state index in [2.05, 4.69) is 0 Å². The number of nitrogens with zero attached hydrogens (tertiary/aromatic N) is 1. The first kappa shape index (κ1) is 15.6. The second-order valence-corrected chi connectivity index (χ2v) is 4.41. The highest BCUT2D eigenvalue weighted by molar-refractivity contribution is 6.30. The van der Waals surface area contributed by atoms with E-state index in [4.69, 9.17) is 16.3 Å². The third-order valence-corrected chi connectivity index (χ3v) is 2.98. The van der Waals surface area contributed by atoms with Crippen LogP contribution in [0.3, 0.4) is 0 Å². The van der Waals surface area contributed by atoms with E-state index >= 15 is 0 Å². The van der Waals surface area contributed by atoms with Crippen LogP contribution >= 0.6 is 11.6 Å². The van der Waals surface area contributed by atoms with Gasteiger partial charge < -0.3 is 9.64 Å². The molecule has 0 fully saturated rings. The SMILES string of the molecule is CCOC(=O)/C(=C/c1cccc(Cl)c1)N(CC)CC. The number of hydrogen-bond donors (Lipinski definition) is 0. The van der Waals surface area contributed by atoms with Crippen LogP contribution in [-0.4, -0.2) is 30.6 Å². The van der Waals surface area contributed by atoms with E-state index in [1.807, 2.05) is 43.0 Å². The Morgan fingerprint density at radius 2 is 2.00 bits per heavy atom. The molecule has 104 valence electrons. The monoisotopic (exact) mass is 281 g/mol. The van der Waals surface area contributed by atoms with Gasteiger partial charge in [-0.2, -0.15) is 0 Å². The number of esters is 1. The number of likely N-dealkylation sites (N-methyl/N-ethyl adjacent to an activating group) is 1. The van der Waals surface area contributed by atoms with E-state index in [0.29, 0.717) is 17.3 Å². The molecule has 0 atom stereocenters. The number of benzene rings is 1. The maximum Gasteiger partial charge on any atom is 0.354 e. The summed E-state index contributed by atoms with van der Waals surface area (Å²) >= 11 is 5.96. The van der Waals surface area contributed by atoms with E-state index in [-0.39, 0.29) is 5.97 Å². The van der Waals surface area contributed by atoms with Gasteiger partial charge in [-0.1, -0.05) is 23.7 Å². The molecule has 19 heavy (non-hydrogen) atoms. The molecular formula is C15H20ClNO2. The van der Waals surface area contributed by atoms with Crippen molar-refractivity contribution in [3.63, 3.8) is 0 Å². The predicted molar refractivity (Wildman–Crippen MR) is 79.0 cm³/mol. The minimum atomic E-state index is -0.300. The summed E-state index contributed by atoms with van der Waals surface area (Å²) < 4.78 is 5.11. The summed E-state index contributed by atoms with van der Waals surface area (Å²) in [5.41, 5.74) is 1.46. The van der Waals surface area contributed by atoms with Crippen molar-refractivity contribution in [2.45, 2.75) is 20.8 Å². The van der Waals surface area contributed by atoms with Crippen LogP contribution in [0, 0.1) is 0 Å². The molecule has 1 rings (SSSR count). The zero-order valence-corrected chi connectivity index (χ0v) is 12.4. The molecule has 4 heteroatoms. The van der Waals surface area contributed by atoms with Gasteiger partial charge in [0.15, 0.2) is 0 Å². The molecule has 0 radical (unpaired) electrons. The lowest BCUT2D eigenvalue weighted by Crippen LogP contribution is -2.28. The van der Waals surface area contributed by atoms with Gasteiger partial charge in [0.2, 0.25) is 0 Å². The highest BCUT2D eigenvalue weighted by Gasteiger charge is 2.16. The van der Waals surface area contributed by atoms with Crippen LogP contribution in [0.5, 0.6) is 0 Å². The first-order valence-corrected chi connectivity index (χ1v) is 6.89. The second-order valence-electron chi connectivity index (χ2n) is 3.98. The Labute approximate surface area is 119 Å². The van der Waals surface area contributed by atoms with Crippen molar-refractivity contribution in [1.29, 1.82) is 0 Å². The molecule has 0 unspecified atom stereocenters. The summed E-state index contributed by atoms with van der Waals surface area (Å²) in [6.45, 7) is 7.69. The minimum Gasteiger partial charge on any atom is -0.461 e. The summed E-state index contributed by atoms with van der Waals surface area (Å²) in [6.07, 6.45) is 1.82. The lowest BCUT2D eigenvalue weighted by atomic mass is 10.2. The maximum absolute atomic E-state index is 12.0. The predicted octanol–water partition coefficient (Wildman–Crippen LogP) is 3.59. The Balaban J connectivity index is 3.11. The van der Waals surface area contributed by atoms with Gasteiger partial charge in [0.1, 0.15) is 5.70 Å². The van der Waals surface area contributed by atoms with Gasteiger partial charge in [-0.3, -0.25) is 0 Å². The number of rotatable bonds is 6. The normalized spacial score (nSPS) is 11.3. The van der Waals surface area contributed by atoms with Crippen LogP contribution in [0.2, 0.25) is 5.02 Å². The zero-order chi connectivity index (χ0) is 14.3. The maximum atomic E-state index is 12.0. The second kappa shape index (κ2) is 7.85. The molecule has 0 heterocycles. The topological polar surface area (TPSA) is 29.5 Å². The summed E-state index contributed by atoms with van der Waals surface area (Å²) in [6, 6.07) is 7.40. The molecule has 1 aromatic rings. The fourth-order valence-electron chi connectivity index (χ4n) is 1.80. The van der Waals surface area contributed by atoms with Gasteiger partial charge in [-0.15, -0.1) is 0 Å². The molecule has 0 aliphatic carbocycles. The van der Waals surface area contributed by atoms with Crippen molar-refractivity contribution in [2.75, 3.05) is 19.7 Å². The lowest BCUT2D eigenvalue weighted by Gasteiger charge is -2.23. The van der Waals surface area contributed by atoms with Crippen molar-refractivity contribution in [3.05, 3.63) is 40.5 Å². The van der Waals surface area contributed by atoms with Crippen molar-refractivity contribution in [3.8, 4) is 0 Å². The third-order valence-electron chi connectivity index (χ3n) is 2.74. The first-order chi connectivity index (χ1) is 9.12. The smallest absolute Gasteiger partial charge is 0.354 e. The van der Waals surface area contributed by atoms with Crippen LogP contribution in [0.15, 0.2) is 30.0 Å². The van der Waals surface area contributed by atoms with Crippen LogP contribution in [0.4, 0.5) is 0 Å². The number of ether oxygens (including phenoxy) is 1. The zero-order valence-electron chi connectivity index (χ0n) is 11.6. The van der Waals surface area contributed by atoms with Gasteiger partial charge in [-0.25, -0.2) is 4.79 Å². The van der Waals surface area contributed by atoms with E-state index in [1.54, 1.807) is 13.0 Å². The molecule has 0 spiro atoms. The summed E-state index contributed by atoms with van der Waals surface area (Å²) in [4.78, 5) is 14.0. The Kier molecular flexibility index (Phi) is 6.43. The van der Waals surface area contributed by atoms with E-state index < -0.39 is 0 Å². The van der Waals surface area contributed by atoms with Gasteiger partial charge >= 0.3 is 5.97 Å². The van der Waals surface area contributed by atoms with E-state index in [0.717, 1.165) is 18.7 Å². The third kappa shape index (κ3) is 4.60. The van der Waals surface area contributed by atoms with Gasteiger partial charge in [0.05, 0.1) is 6.61 Å². The fraction of sp³-hybridized carbons (Fsp3) is 0.400. The molecule has 0 saturated heterocycles. The molecule has 0 N–H and O–H groups in total. The van der Waals surface area contributed by atoms with E-state index in [9.17, 15) is 4.79 Å². The van der Waals surface area contributed by atoms with Crippen molar-refractivity contribution >= 4 is 23.6 Å². The van der Waals surface area contributed by atoms with Gasteiger partial charge in [0, 0.05) is 18.1 Å². The van der Waals surface area contributed by atoms with Crippen molar-refractivity contribution < 1.29 is 9.53 Å². The average molecular weight is 282 g/mol.